The first-order valence-electron chi connectivity index (χ1n) is 6.21. The second-order valence-corrected chi connectivity index (χ2v) is 5.40. The van der Waals surface area contributed by atoms with Gasteiger partial charge in [0, 0.05) is 6.20 Å². The van der Waals surface area contributed by atoms with E-state index in [2.05, 4.69) is 25.8 Å². The summed E-state index contributed by atoms with van der Waals surface area (Å²) in [5.41, 5.74) is 0.699. The van der Waals surface area contributed by atoms with Crippen LogP contribution in [0.4, 0.5) is 5.69 Å². The van der Waals surface area contributed by atoms with Crippen molar-refractivity contribution in [3.05, 3.63) is 30.4 Å². The predicted octanol–water partition coefficient (Wildman–Crippen LogP) is 1.52. The Balaban J connectivity index is 1.78. The van der Waals surface area contributed by atoms with Crippen molar-refractivity contribution in [3.8, 4) is 0 Å². The van der Waals surface area contributed by atoms with E-state index in [1.165, 1.54) is 11.8 Å². The summed E-state index contributed by atoms with van der Waals surface area (Å²) in [5, 5.41) is 14.3. The predicted molar refractivity (Wildman–Crippen MR) is 77.2 cm³/mol. The van der Waals surface area contributed by atoms with Gasteiger partial charge in [0.05, 0.1) is 29.4 Å². The van der Waals surface area contributed by atoms with Gasteiger partial charge in [-0.25, -0.2) is 4.68 Å². The van der Waals surface area contributed by atoms with Crippen LogP contribution in [-0.4, -0.2) is 36.9 Å². The van der Waals surface area contributed by atoms with Crippen LogP contribution in [0.1, 0.15) is 25.7 Å². The Morgan fingerprint density at radius 3 is 3.05 bits per heavy atom. The highest BCUT2D eigenvalue weighted by molar-refractivity contribution is 7.99. The van der Waals surface area contributed by atoms with Gasteiger partial charge in [-0.15, -0.1) is 16.9 Å². The number of pyridine rings is 1. The van der Waals surface area contributed by atoms with Gasteiger partial charge in [-0.3, -0.25) is 9.78 Å². The molecule has 8 heteroatoms. The lowest BCUT2D eigenvalue weighted by Crippen LogP contribution is -2.15. The van der Waals surface area contributed by atoms with Gasteiger partial charge < -0.3 is 5.32 Å². The molecule has 2 aromatic heterocycles. The Hall–Kier alpha value is -1.96. The molecule has 0 aliphatic rings. The maximum Gasteiger partial charge on any atom is 0.234 e. The molecule has 2 aromatic rings. The molecular weight excluding hydrogens is 276 g/mol. The molecule has 0 saturated heterocycles. The zero-order valence-corrected chi connectivity index (χ0v) is 12.2. The summed E-state index contributed by atoms with van der Waals surface area (Å²) in [4.78, 5) is 15.7. The molecule has 0 bridgehead atoms. The average molecular weight is 292 g/mol. The van der Waals surface area contributed by atoms with Crippen molar-refractivity contribution in [2.24, 2.45) is 0 Å². The number of thioether (sulfide) groups is 1. The zero-order valence-electron chi connectivity index (χ0n) is 11.4. The number of aromatic nitrogens is 5. The fourth-order valence-electron chi connectivity index (χ4n) is 1.58. The lowest BCUT2D eigenvalue weighted by atomic mass is 10.4. The van der Waals surface area contributed by atoms with Crippen LogP contribution in [0.15, 0.2) is 24.5 Å². The van der Waals surface area contributed by atoms with Gasteiger partial charge in [0.15, 0.2) is 5.82 Å². The highest BCUT2D eigenvalue weighted by Crippen LogP contribution is 2.13. The average Bonchev–Trinajstić information content (AvgIpc) is 2.88. The number of carbonyl (C=O) groups excluding carboxylic acids is 1. The summed E-state index contributed by atoms with van der Waals surface area (Å²) in [7, 11) is 0. The Kier molecular flexibility index (Phi) is 5.05. The summed E-state index contributed by atoms with van der Waals surface area (Å²) >= 11 is 1.47. The molecule has 1 N–H and O–H groups in total. The number of anilines is 1. The van der Waals surface area contributed by atoms with E-state index in [0.717, 1.165) is 5.82 Å². The fraction of sp³-hybridized carbons (Fsp3) is 0.417. The lowest BCUT2D eigenvalue weighted by Gasteiger charge is -2.07. The number of amides is 1. The molecule has 2 rings (SSSR count). The largest absolute Gasteiger partial charge is 0.324 e. The smallest absolute Gasteiger partial charge is 0.234 e. The number of rotatable bonds is 6. The molecule has 0 atom stereocenters. The standard InChI is InChI=1S/C12H16N6OS/c1-9(2)18-11(15-16-17-18)7-20-8-12(19)14-10-4-3-5-13-6-10/h3-6,9H,7-8H2,1-2H3,(H,14,19). The molecule has 1 amide bonds. The Morgan fingerprint density at radius 1 is 1.50 bits per heavy atom. The molecule has 0 unspecified atom stereocenters. The third kappa shape index (κ3) is 4.02. The zero-order chi connectivity index (χ0) is 14.4. The number of hydrogen-bond acceptors (Lipinski definition) is 6. The van der Waals surface area contributed by atoms with Crippen LogP contribution in [0.3, 0.4) is 0 Å². The van der Waals surface area contributed by atoms with E-state index in [1.54, 1.807) is 29.2 Å². The van der Waals surface area contributed by atoms with Crippen molar-refractivity contribution in [2.75, 3.05) is 11.1 Å². The van der Waals surface area contributed by atoms with E-state index in [1.807, 2.05) is 13.8 Å². The molecule has 0 aromatic carbocycles. The molecule has 0 aliphatic carbocycles. The van der Waals surface area contributed by atoms with Crippen molar-refractivity contribution in [3.63, 3.8) is 0 Å². The maximum absolute atomic E-state index is 11.7. The minimum absolute atomic E-state index is 0.0634. The van der Waals surface area contributed by atoms with Crippen molar-refractivity contribution >= 4 is 23.4 Å². The Morgan fingerprint density at radius 2 is 2.35 bits per heavy atom. The van der Waals surface area contributed by atoms with Crippen molar-refractivity contribution in [1.82, 2.24) is 25.2 Å². The Labute approximate surface area is 121 Å². The molecule has 2 heterocycles. The quantitative estimate of drug-likeness (QED) is 0.869. The summed E-state index contributed by atoms with van der Waals surface area (Å²) in [6.07, 6.45) is 3.28. The van der Waals surface area contributed by atoms with Crippen molar-refractivity contribution < 1.29 is 4.79 Å². The lowest BCUT2D eigenvalue weighted by molar-refractivity contribution is -0.113. The SMILES string of the molecule is CC(C)n1nnnc1CSCC(=O)Nc1cccnc1. The van der Waals surface area contributed by atoms with Crippen molar-refractivity contribution in [2.45, 2.75) is 25.6 Å². The number of carbonyl (C=O) groups is 1. The first kappa shape index (κ1) is 14.4. The Bertz CT molecular complexity index is 556. The number of nitrogens with one attached hydrogen (secondary N) is 1. The van der Waals surface area contributed by atoms with E-state index in [9.17, 15) is 4.79 Å². The highest BCUT2D eigenvalue weighted by Gasteiger charge is 2.10. The van der Waals surface area contributed by atoms with Crippen molar-refractivity contribution in [1.29, 1.82) is 0 Å². The monoisotopic (exact) mass is 292 g/mol. The van der Waals surface area contributed by atoms with Gasteiger partial charge in [-0.1, -0.05) is 0 Å². The first-order valence-corrected chi connectivity index (χ1v) is 7.36. The van der Waals surface area contributed by atoms with E-state index < -0.39 is 0 Å². The topological polar surface area (TPSA) is 85.6 Å². The summed E-state index contributed by atoms with van der Waals surface area (Å²) < 4.78 is 1.76. The van der Waals surface area contributed by atoms with Gasteiger partial charge in [0.25, 0.3) is 0 Å². The normalized spacial score (nSPS) is 10.8. The third-order valence-electron chi connectivity index (χ3n) is 2.46. The minimum atomic E-state index is -0.0634. The molecule has 0 fully saturated rings. The van der Waals surface area contributed by atoms with Gasteiger partial charge in [0.2, 0.25) is 5.91 Å². The van der Waals surface area contributed by atoms with Crippen LogP contribution in [0.2, 0.25) is 0 Å². The van der Waals surface area contributed by atoms with Gasteiger partial charge >= 0.3 is 0 Å². The van der Waals surface area contributed by atoms with Gasteiger partial charge in [-0.2, -0.15) is 0 Å². The first-order chi connectivity index (χ1) is 9.66. The molecular formula is C12H16N6OS. The fourth-order valence-corrected chi connectivity index (χ4v) is 2.31. The minimum Gasteiger partial charge on any atom is -0.324 e. The molecule has 20 heavy (non-hydrogen) atoms. The summed E-state index contributed by atoms with van der Waals surface area (Å²) in [6.45, 7) is 4.03. The highest BCUT2D eigenvalue weighted by atomic mass is 32.2. The van der Waals surface area contributed by atoms with E-state index in [0.29, 0.717) is 17.2 Å². The van der Waals surface area contributed by atoms with E-state index in [4.69, 9.17) is 0 Å². The van der Waals surface area contributed by atoms with Crippen LogP contribution in [0.5, 0.6) is 0 Å². The number of tetrazole rings is 1. The second-order valence-electron chi connectivity index (χ2n) is 4.42. The van der Waals surface area contributed by atoms with Gasteiger partial charge in [-0.05, 0) is 36.4 Å². The van der Waals surface area contributed by atoms with Crippen LogP contribution >= 0.6 is 11.8 Å². The summed E-state index contributed by atoms with van der Waals surface area (Å²) in [5.74, 6) is 1.66. The van der Waals surface area contributed by atoms with Crippen LogP contribution in [0.25, 0.3) is 0 Å². The third-order valence-corrected chi connectivity index (χ3v) is 3.39. The van der Waals surface area contributed by atoms with E-state index >= 15 is 0 Å². The molecule has 7 nitrogen and oxygen atoms in total. The molecule has 0 spiro atoms. The molecule has 0 radical (unpaired) electrons. The van der Waals surface area contributed by atoms with Crippen LogP contribution in [0, 0.1) is 0 Å². The molecule has 106 valence electrons. The number of hydrogen-bond donors (Lipinski definition) is 1. The second kappa shape index (κ2) is 6.99. The number of nitrogens with zero attached hydrogens (tertiary/aromatic N) is 5. The van der Waals surface area contributed by atoms with Crippen LogP contribution < -0.4 is 5.32 Å². The van der Waals surface area contributed by atoms with E-state index in [-0.39, 0.29) is 11.9 Å². The maximum atomic E-state index is 11.7. The van der Waals surface area contributed by atoms with Gasteiger partial charge in [0.1, 0.15) is 0 Å². The summed E-state index contributed by atoms with van der Waals surface area (Å²) in [6, 6.07) is 3.79. The molecule has 0 saturated carbocycles. The van der Waals surface area contributed by atoms with Crippen LogP contribution in [-0.2, 0) is 10.5 Å². The molecule has 0 aliphatic heterocycles.